The molecule has 1 atom stereocenters. The van der Waals surface area contributed by atoms with Crippen LogP contribution in [0.1, 0.15) is 51.5 Å². The Hall–Kier alpha value is -3.34. The summed E-state index contributed by atoms with van der Waals surface area (Å²) in [4.78, 5) is 28.8. The molecule has 1 saturated carbocycles. The number of carbonyl (C=O) groups is 2. The Morgan fingerprint density at radius 2 is 1.64 bits per heavy atom. The molecule has 0 saturated heterocycles. The Balaban J connectivity index is 1.68. The van der Waals surface area contributed by atoms with Crippen molar-refractivity contribution in [2.24, 2.45) is 0 Å². The maximum atomic E-state index is 14.1. The molecule has 1 fully saturated rings. The van der Waals surface area contributed by atoms with Gasteiger partial charge in [0.25, 0.3) is 10.0 Å². The van der Waals surface area contributed by atoms with E-state index in [1.807, 2.05) is 6.92 Å². The lowest BCUT2D eigenvalue weighted by molar-refractivity contribution is -0.139. The number of halogens is 3. The Morgan fingerprint density at radius 3 is 2.25 bits per heavy atom. The highest BCUT2D eigenvalue weighted by atomic mass is 35.5. The molecular formula is C32H36Cl2FN3O5S. The van der Waals surface area contributed by atoms with E-state index >= 15 is 0 Å². The van der Waals surface area contributed by atoms with Gasteiger partial charge in [0.05, 0.1) is 27.2 Å². The summed E-state index contributed by atoms with van der Waals surface area (Å²) < 4.78 is 48.1. The van der Waals surface area contributed by atoms with E-state index in [0.717, 1.165) is 48.5 Å². The van der Waals surface area contributed by atoms with E-state index in [2.05, 4.69) is 5.32 Å². The zero-order chi connectivity index (χ0) is 31.9. The van der Waals surface area contributed by atoms with Crippen LogP contribution >= 0.6 is 23.2 Å². The lowest BCUT2D eigenvalue weighted by Gasteiger charge is -2.33. The van der Waals surface area contributed by atoms with Gasteiger partial charge in [0, 0.05) is 12.6 Å². The molecular weight excluding hydrogens is 628 g/mol. The second-order valence-corrected chi connectivity index (χ2v) is 13.4. The normalized spacial score (nSPS) is 14.5. The highest BCUT2D eigenvalue weighted by Crippen LogP contribution is 2.28. The van der Waals surface area contributed by atoms with E-state index in [0.29, 0.717) is 22.9 Å². The fourth-order valence-corrected chi connectivity index (χ4v) is 6.86. The highest BCUT2D eigenvalue weighted by molar-refractivity contribution is 7.92. The molecule has 0 spiro atoms. The van der Waals surface area contributed by atoms with Crippen molar-refractivity contribution in [1.82, 2.24) is 10.2 Å². The number of benzene rings is 3. The first kappa shape index (κ1) is 33.6. The van der Waals surface area contributed by atoms with E-state index < -0.39 is 34.3 Å². The molecule has 0 heterocycles. The number of sulfonamides is 1. The van der Waals surface area contributed by atoms with Crippen molar-refractivity contribution in [1.29, 1.82) is 0 Å². The maximum absolute atomic E-state index is 14.1. The molecule has 236 valence electrons. The van der Waals surface area contributed by atoms with Crippen LogP contribution in [0.15, 0.2) is 71.6 Å². The summed E-state index contributed by atoms with van der Waals surface area (Å²) in [5.41, 5.74) is 0.690. The van der Waals surface area contributed by atoms with Gasteiger partial charge in [-0.3, -0.25) is 13.9 Å². The van der Waals surface area contributed by atoms with Gasteiger partial charge in [0.1, 0.15) is 24.2 Å². The number of nitrogens with zero attached hydrogens (tertiary/aromatic N) is 2. The van der Waals surface area contributed by atoms with E-state index in [4.69, 9.17) is 27.9 Å². The van der Waals surface area contributed by atoms with Crippen molar-refractivity contribution >= 4 is 50.7 Å². The molecule has 8 nitrogen and oxygen atoms in total. The predicted octanol–water partition coefficient (Wildman–Crippen LogP) is 6.59. The number of rotatable bonds is 12. The van der Waals surface area contributed by atoms with Crippen LogP contribution in [-0.2, 0) is 26.2 Å². The van der Waals surface area contributed by atoms with Gasteiger partial charge in [-0.15, -0.1) is 0 Å². The van der Waals surface area contributed by atoms with E-state index in [1.54, 1.807) is 25.1 Å². The van der Waals surface area contributed by atoms with E-state index in [9.17, 15) is 22.4 Å². The SMILES string of the molecule is CCOc1ccc(S(=O)(=O)N(CC(=O)N(Cc2ccc(Cl)c(Cl)c2)[C@H](C)C(=O)NC2CCCCC2)c2ccc(F)cc2)cc1. The number of amides is 2. The summed E-state index contributed by atoms with van der Waals surface area (Å²) >= 11 is 12.3. The third-order valence-corrected chi connectivity index (χ3v) is 10.1. The number of anilines is 1. The average Bonchev–Trinajstić information content (AvgIpc) is 3.01. The minimum absolute atomic E-state index is 0.0105. The van der Waals surface area contributed by atoms with Crippen LogP contribution in [0.5, 0.6) is 5.75 Å². The summed E-state index contributed by atoms with van der Waals surface area (Å²) in [5.74, 6) is -1.05. The zero-order valence-electron chi connectivity index (χ0n) is 24.6. The number of carbonyl (C=O) groups excluding carboxylic acids is 2. The van der Waals surface area contributed by atoms with Crippen LogP contribution in [0.25, 0.3) is 0 Å². The molecule has 0 aromatic heterocycles. The van der Waals surface area contributed by atoms with Crippen molar-refractivity contribution < 1.29 is 27.1 Å². The first-order chi connectivity index (χ1) is 21.0. The van der Waals surface area contributed by atoms with Gasteiger partial charge in [-0.05, 0) is 92.9 Å². The smallest absolute Gasteiger partial charge is 0.264 e. The average molecular weight is 665 g/mol. The monoisotopic (exact) mass is 663 g/mol. The Morgan fingerprint density at radius 1 is 0.977 bits per heavy atom. The standard InChI is InChI=1S/C32H36Cl2FN3O5S/c1-3-43-27-14-16-28(17-15-27)44(41,42)38(26-12-10-24(35)11-13-26)21-31(39)37(20-23-9-18-29(33)30(34)19-23)22(2)32(40)36-25-7-5-4-6-8-25/h9-19,22,25H,3-8,20-21H2,1-2H3,(H,36,40)/t22-/m1/s1. The molecule has 0 aliphatic heterocycles. The molecule has 0 bridgehead atoms. The third-order valence-electron chi connectivity index (χ3n) is 7.57. The molecule has 4 rings (SSSR count). The van der Waals surface area contributed by atoms with Gasteiger partial charge in [-0.2, -0.15) is 0 Å². The number of hydrogen-bond donors (Lipinski definition) is 1. The van der Waals surface area contributed by atoms with Crippen molar-refractivity contribution in [3.8, 4) is 5.75 Å². The third kappa shape index (κ3) is 8.43. The number of ether oxygens (including phenoxy) is 1. The van der Waals surface area contributed by atoms with Gasteiger partial charge < -0.3 is 15.0 Å². The second-order valence-electron chi connectivity index (χ2n) is 10.7. The van der Waals surface area contributed by atoms with Gasteiger partial charge in [-0.25, -0.2) is 12.8 Å². The summed E-state index contributed by atoms with van der Waals surface area (Å²) in [5, 5.41) is 3.67. The summed E-state index contributed by atoms with van der Waals surface area (Å²) in [6.07, 6.45) is 4.87. The Labute approximate surface area is 268 Å². The minimum Gasteiger partial charge on any atom is -0.494 e. The maximum Gasteiger partial charge on any atom is 0.264 e. The first-order valence-corrected chi connectivity index (χ1v) is 16.7. The van der Waals surface area contributed by atoms with Gasteiger partial charge in [0.2, 0.25) is 11.8 Å². The van der Waals surface area contributed by atoms with Crippen molar-refractivity contribution in [3.63, 3.8) is 0 Å². The van der Waals surface area contributed by atoms with Crippen LogP contribution in [0.4, 0.5) is 10.1 Å². The Kier molecular flexibility index (Phi) is 11.5. The van der Waals surface area contributed by atoms with E-state index in [-0.39, 0.29) is 34.1 Å². The van der Waals surface area contributed by atoms with Crippen molar-refractivity contribution in [2.45, 2.75) is 69.5 Å². The largest absolute Gasteiger partial charge is 0.494 e. The molecule has 12 heteroatoms. The van der Waals surface area contributed by atoms with Gasteiger partial charge >= 0.3 is 0 Å². The first-order valence-electron chi connectivity index (χ1n) is 14.5. The van der Waals surface area contributed by atoms with Crippen molar-refractivity contribution in [3.05, 3.63) is 88.2 Å². The topological polar surface area (TPSA) is 96.0 Å². The van der Waals surface area contributed by atoms with Gasteiger partial charge in [0.15, 0.2) is 0 Å². The molecule has 0 radical (unpaired) electrons. The van der Waals surface area contributed by atoms with Gasteiger partial charge in [-0.1, -0.05) is 48.5 Å². The molecule has 44 heavy (non-hydrogen) atoms. The quantitative estimate of drug-likeness (QED) is 0.236. The summed E-state index contributed by atoms with van der Waals surface area (Å²) in [6, 6.07) is 14.6. The predicted molar refractivity (Wildman–Crippen MR) is 170 cm³/mol. The van der Waals surface area contributed by atoms with Crippen LogP contribution in [0, 0.1) is 5.82 Å². The molecule has 3 aromatic rings. The van der Waals surface area contributed by atoms with Crippen LogP contribution in [0.3, 0.4) is 0 Å². The fraction of sp³-hybridized carbons (Fsp3) is 0.375. The Bertz CT molecular complexity index is 1550. The molecule has 1 aliphatic carbocycles. The van der Waals surface area contributed by atoms with Crippen molar-refractivity contribution in [2.75, 3.05) is 17.5 Å². The number of nitrogens with one attached hydrogen (secondary N) is 1. The molecule has 1 aliphatic rings. The lowest BCUT2D eigenvalue weighted by atomic mass is 9.95. The molecule has 2 amide bonds. The zero-order valence-corrected chi connectivity index (χ0v) is 27.0. The summed E-state index contributed by atoms with van der Waals surface area (Å²) in [6.45, 7) is 3.14. The number of hydrogen-bond acceptors (Lipinski definition) is 5. The molecule has 3 aromatic carbocycles. The van der Waals surface area contributed by atoms with Crippen LogP contribution in [-0.4, -0.2) is 50.4 Å². The fourth-order valence-electron chi connectivity index (χ4n) is 5.12. The minimum atomic E-state index is -4.31. The van der Waals surface area contributed by atoms with Crippen LogP contribution in [0.2, 0.25) is 10.0 Å². The lowest BCUT2D eigenvalue weighted by Crippen LogP contribution is -2.53. The molecule has 0 unspecified atom stereocenters. The van der Waals surface area contributed by atoms with E-state index in [1.165, 1.54) is 41.3 Å². The highest BCUT2D eigenvalue weighted by Gasteiger charge is 2.33. The molecule has 1 N–H and O–H groups in total. The summed E-state index contributed by atoms with van der Waals surface area (Å²) in [7, 11) is -4.31. The second kappa shape index (κ2) is 15.1. The van der Waals surface area contributed by atoms with Crippen LogP contribution < -0.4 is 14.4 Å².